The molecule has 102 valence electrons. The summed E-state index contributed by atoms with van der Waals surface area (Å²) in [5.74, 6) is 0.596. The van der Waals surface area contributed by atoms with Gasteiger partial charge in [0.15, 0.2) is 0 Å². The largest absolute Gasteiger partial charge is 0.430 e. The van der Waals surface area contributed by atoms with Gasteiger partial charge in [-0.1, -0.05) is 46.6 Å². The van der Waals surface area contributed by atoms with Gasteiger partial charge >= 0.3 is 0 Å². The second-order valence-electron chi connectivity index (χ2n) is 3.82. The lowest BCUT2D eigenvalue weighted by molar-refractivity contribution is 0.473. The highest BCUT2D eigenvalue weighted by Crippen LogP contribution is 2.30. The highest BCUT2D eigenvalue weighted by molar-refractivity contribution is 7.13. The van der Waals surface area contributed by atoms with E-state index in [1.54, 1.807) is 18.2 Å². The van der Waals surface area contributed by atoms with Crippen molar-refractivity contribution in [1.82, 2.24) is 15.5 Å². The van der Waals surface area contributed by atoms with E-state index in [0.29, 0.717) is 27.5 Å². The van der Waals surface area contributed by atoms with Crippen molar-refractivity contribution in [2.75, 3.05) is 6.54 Å². The van der Waals surface area contributed by atoms with Gasteiger partial charge in [0.05, 0.1) is 10.0 Å². The standard InChI is InChI=1S/C12H13Cl2N3OS/c1-2-5-15-7-11-16-17-12(19-11)18-8-3-4-9(13)10(14)6-8/h3-4,6,15H,2,5,7H2,1H3. The van der Waals surface area contributed by atoms with E-state index in [4.69, 9.17) is 27.9 Å². The number of hydrogen-bond acceptors (Lipinski definition) is 5. The molecule has 2 aromatic rings. The van der Waals surface area contributed by atoms with Gasteiger partial charge in [0.1, 0.15) is 10.8 Å². The molecule has 1 heterocycles. The zero-order valence-corrected chi connectivity index (χ0v) is 12.6. The molecule has 0 bridgehead atoms. The van der Waals surface area contributed by atoms with Crippen molar-refractivity contribution in [3.63, 3.8) is 0 Å². The Morgan fingerprint density at radius 2 is 2.11 bits per heavy atom. The third-order valence-electron chi connectivity index (χ3n) is 2.25. The summed E-state index contributed by atoms with van der Waals surface area (Å²) in [6.45, 7) is 3.78. The Kier molecular flexibility index (Phi) is 5.39. The average molecular weight is 318 g/mol. The van der Waals surface area contributed by atoms with E-state index in [1.807, 2.05) is 0 Å². The summed E-state index contributed by atoms with van der Waals surface area (Å²) in [4.78, 5) is 0. The summed E-state index contributed by atoms with van der Waals surface area (Å²) in [5, 5.41) is 13.6. The zero-order chi connectivity index (χ0) is 13.7. The summed E-state index contributed by atoms with van der Waals surface area (Å²) in [5.41, 5.74) is 0. The summed E-state index contributed by atoms with van der Waals surface area (Å²) >= 11 is 13.2. The molecule has 4 nitrogen and oxygen atoms in total. The van der Waals surface area contributed by atoms with Crippen LogP contribution < -0.4 is 10.1 Å². The van der Waals surface area contributed by atoms with Crippen LogP contribution in [0.15, 0.2) is 18.2 Å². The Labute approximate surface area is 125 Å². The maximum absolute atomic E-state index is 5.92. The molecule has 0 spiro atoms. The smallest absolute Gasteiger partial charge is 0.299 e. The molecule has 0 aliphatic carbocycles. The maximum atomic E-state index is 5.92. The first-order valence-electron chi connectivity index (χ1n) is 5.85. The van der Waals surface area contributed by atoms with Crippen molar-refractivity contribution >= 4 is 34.5 Å². The summed E-state index contributed by atoms with van der Waals surface area (Å²) in [7, 11) is 0. The van der Waals surface area contributed by atoms with Gasteiger partial charge in [0, 0.05) is 12.6 Å². The van der Waals surface area contributed by atoms with E-state index in [1.165, 1.54) is 11.3 Å². The van der Waals surface area contributed by atoms with Crippen LogP contribution in [0.3, 0.4) is 0 Å². The molecular weight excluding hydrogens is 305 g/mol. The number of nitrogens with one attached hydrogen (secondary N) is 1. The lowest BCUT2D eigenvalue weighted by Crippen LogP contribution is -2.13. The van der Waals surface area contributed by atoms with Crippen molar-refractivity contribution in [3.8, 4) is 10.9 Å². The van der Waals surface area contributed by atoms with Gasteiger partial charge in [0.25, 0.3) is 5.19 Å². The number of benzene rings is 1. The topological polar surface area (TPSA) is 47.0 Å². The molecule has 0 amide bonds. The van der Waals surface area contributed by atoms with Crippen LogP contribution in [0.2, 0.25) is 10.0 Å². The Hall–Kier alpha value is -0.880. The molecule has 1 N–H and O–H groups in total. The fourth-order valence-electron chi connectivity index (χ4n) is 1.36. The van der Waals surface area contributed by atoms with E-state index in [2.05, 4.69) is 22.4 Å². The molecule has 0 atom stereocenters. The monoisotopic (exact) mass is 317 g/mol. The van der Waals surface area contributed by atoms with Crippen LogP contribution in [0.25, 0.3) is 0 Å². The van der Waals surface area contributed by atoms with Crippen LogP contribution >= 0.6 is 34.5 Å². The fraction of sp³-hybridized carbons (Fsp3) is 0.333. The lowest BCUT2D eigenvalue weighted by Gasteiger charge is -2.02. The molecular formula is C12H13Cl2N3OS. The number of ether oxygens (including phenoxy) is 1. The third-order valence-corrected chi connectivity index (χ3v) is 3.79. The van der Waals surface area contributed by atoms with Crippen LogP contribution in [-0.2, 0) is 6.54 Å². The maximum Gasteiger partial charge on any atom is 0.299 e. The van der Waals surface area contributed by atoms with Crippen LogP contribution in [0, 0.1) is 0 Å². The van der Waals surface area contributed by atoms with Gasteiger partial charge in [-0.15, -0.1) is 5.10 Å². The quantitative estimate of drug-likeness (QED) is 0.813. The average Bonchev–Trinajstić information content (AvgIpc) is 2.82. The van der Waals surface area contributed by atoms with E-state index >= 15 is 0 Å². The molecule has 7 heteroatoms. The van der Waals surface area contributed by atoms with E-state index in [9.17, 15) is 0 Å². The first-order chi connectivity index (χ1) is 9.19. The number of halogens is 2. The molecule has 19 heavy (non-hydrogen) atoms. The minimum absolute atomic E-state index is 0.452. The fourth-order valence-corrected chi connectivity index (χ4v) is 2.33. The molecule has 0 aliphatic heterocycles. The zero-order valence-electron chi connectivity index (χ0n) is 10.3. The molecule has 0 aliphatic rings. The molecule has 2 rings (SSSR count). The molecule has 0 saturated heterocycles. The van der Waals surface area contributed by atoms with Crippen LogP contribution in [0.1, 0.15) is 18.4 Å². The highest BCUT2D eigenvalue weighted by Gasteiger charge is 2.07. The first-order valence-corrected chi connectivity index (χ1v) is 7.42. The normalized spacial score (nSPS) is 10.7. The van der Waals surface area contributed by atoms with Crippen LogP contribution in [0.5, 0.6) is 10.9 Å². The van der Waals surface area contributed by atoms with Crippen molar-refractivity contribution in [2.24, 2.45) is 0 Å². The van der Waals surface area contributed by atoms with Crippen molar-refractivity contribution < 1.29 is 4.74 Å². The van der Waals surface area contributed by atoms with Gasteiger partial charge in [-0.05, 0) is 25.1 Å². The SMILES string of the molecule is CCCNCc1nnc(Oc2ccc(Cl)c(Cl)c2)s1. The van der Waals surface area contributed by atoms with Gasteiger partial charge in [-0.25, -0.2) is 0 Å². The Bertz CT molecular complexity index is 548. The minimum Gasteiger partial charge on any atom is -0.430 e. The molecule has 0 radical (unpaired) electrons. The Balaban J connectivity index is 1.97. The lowest BCUT2D eigenvalue weighted by atomic mass is 10.3. The van der Waals surface area contributed by atoms with Gasteiger partial charge in [-0.2, -0.15) is 0 Å². The number of aromatic nitrogens is 2. The number of nitrogens with zero attached hydrogens (tertiary/aromatic N) is 2. The highest BCUT2D eigenvalue weighted by atomic mass is 35.5. The van der Waals surface area contributed by atoms with E-state index < -0.39 is 0 Å². The summed E-state index contributed by atoms with van der Waals surface area (Å²) < 4.78 is 5.58. The van der Waals surface area contributed by atoms with Crippen molar-refractivity contribution in [2.45, 2.75) is 19.9 Å². The molecule has 0 unspecified atom stereocenters. The molecule has 0 saturated carbocycles. The first kappa shape index (κ1) is 14.5. The summed E-state index contributed by atoms with van der Waals surface area (Å²) in [6.07, 6.45) is 1.09. The van der Waals surface area contributed by atoms with Crippen molar-refractivity contribution in [1.29, 1.82) is 0 Å². The molecule has 1 aromatic heterocycles. The van der Waals surface area contributed by atoms with Crippen molar-refractivity contribution in [3.05, 3.63) is 33.3 Å². The number of rotatable bonds is 6. The number of hydrogen-bond donors (Lipinski definition) is 1. The summed E-state index contributed by atoms with van der Waals surface area (Å²) in [6, 6.07) is 5.08. The van der Waals surface area contributed by atoms with Crippen LogP contribution in [-0.4, -0.2) is 16.7 Å². The Morgan fingerprint density at radius 3 is 2.84 bits per heavy atom. The van der Waals surface area contributed by atoms with Gasteiger partial charge in [-0.3, -0.25) is 0 Å². The predicted molar refractivity (Wildman–Crippen MR) is 78.4 cm³/mol. The second kappa shape index (κ2) is 7.05. The molecule has 1 aromatic carbocycles. The van der Waals surface area contributed by atoms with Crippen LogP contribution in [0.4, 0.5) is 0 Å². The Morgan fingerprint density at radius 1 is 1.26 bits per heavy atom. The van der Waals surface area contributed by atoms with Gasteiger partial charge < -0.3 is 10.1 Å². The van der Waals surface area contributed by atoms with E-state index in [-0.39, 0.29) is 0 Å². The second-order valence-corrected chi connectivity index (χ2v) is 5.66. The third kappa shape index (κ3) is 4.31. The van der Waals surface area contributed by atoms with E-state index in [0.717, 1.165) is 18.0 Å². The van der Waals surface area contributed by atoms with Gasteiger partial charge in [0.2, 0.25) is 0 Å². The predicted octanol–water partition coefficient (Wildman–Crippen LogP) is 4.14. The minimum atomic E-state index is 0.452. The molecule has 0 fully saturated rings.